The van der Waals surface area contributed by atoms with E-state index >= 15 is 0 Å². The van der Waals surface area contributed by atoms with Crippen LogP contribution in [0, 0.1) is 20.8 Å². The molecule has 3 aromatic heterocycles. The van der Waals surface area contributed by atoms with Crippen LogP contribution in [0.2, 0.25) is 0 Å². The zero-order valence-electron chi connectivity index (χ0n) is 46.6. The van der Waals surface area contributed by atoms with Gasteiger partial charge < -0.3 is 28.6 Å². The summed E-state index contributed by atoms with van der Waals surface area (Å²) in [5, 5.41) is 0. The van der Waals surface area contributed by atoms with E-state index in [-0.39, 0.29) is 0 Å². The number of aromatic amines is 2. The largest absolute Gasteiger partial charge is 0.493 e. The van der Waals surface area contributed by atoms with Crippen LogP contribution < -0.4 is 9.64 Å². The van der Waals surface area contributed by atoms with Crippen LogP contribution in [0.5, 0.6) is 5.75 Å². The van der Waals surface area contributed by atoms with Crippen molar-refractivity contribution < 1.29 is 13.7 Å². The van der Waals surface area contributed by atoms with E-state index in [1.807, 2.05) is 11.8 Å². The minimum atomic E-state index is 0.679. The number of nitrogens with one attached hydrogen (secondary N) is 2. The Morgan fingerprint density at radius 1 is 0.438 bits per heavy atom. The van der Waals surface area contributed by atoms with Gasteiger partial charge in [0.15, 0.2) is 0 Å². The Hall–Kier alpha value is -8.21. The highest BCUT2D eigenvalue weighted by Crippen LogP contribution is 2.48. The Morgan fingerprint density at radius 3 is 1.18 bits per heavy atom. The van der Waals surface area contributed by atoms with Gasteiger partial charge in [-0.15, -0.1) is 0 Å². The van der Waals surface area contributed by atoms with Crippen molar-refractivity contribution >= 4 is 69.5 Å². The second-order valence-corrected chi connectivity index (χ2v) is 24.0. The molecule has 6 aromatic carbocycles. The van der Waals surface area contributed by atoms with Gasteiger partial charge in [0.25, 0.3) is 0 Å². The normalized spacial score (nSPS) is 17.3. The van der Waals surface area contributed by atoms with E-state index in [1.54, 1.807) is 0 Å². The quantitative estimate of drug-likeness (QED) is 0.0889. The second-order valence-electron chi connectivity index (χ2n) is 23.0. The van der Waals surface area contributed by atoms with Crippen molar-refractivity contribution in [3.8, 4) is 50.3 Å². The zero-order valence-corrected chi connectivity index (χ0v) is 47.4. The first-order chi connectivity index (χ1) is 39.0. The van der Waals surface area contributed by atoms with E-state index < -0.39 is 0 Å². The molecule has 0 amide bonds. The molecule has 9 aromatic rings. The number of rotatable bonds is 13. The van der Waals surface area contributed by atoms with E-state index in [0.29, 0.717) is 6.61 Å². The molecule has 0 saturated carbocycles. The number of quaternary nitrogens is 2. The second kappa shape index (κ2) is 21.4. The van der Waals surface area contributed by atoms with Crippen molar-refractivity contribution in [2.45, 2.75) is 43.4 Å². The van der Waals surface area contributed by atoms with Crippen LogP contribution in [-0.4, -0.2) is 95.4 Å². The Labute approximate surface area is 475 Å². The van der Waals surface area contributed by atoms with E-state index in [0.717, 1.165) is 130 Å². The lowest BCUT2D eigenvalue weighted by atomic mass is 10.0. The van der Waals surface area contributed by atoms with E-state index in [2.05, 4.69) is 244 Å². The average molecular weight is 1070 g/mol. The number of aryl methyl sites for hydroxylation is 3. The zero-order chi connectivity index (χ0) is 54.4. The van der Waals surface area contributed by atoms with Crippen LogP contribution in [0.1, 0.15) is 52.3 Å². The summed E-state index contributed by atoms with van der Waals surface area (Å²) in [7, 11) is 4.93. The Morgan fingerprint density at radius 2 is 0.787 bits per heavy atom. The summed E-state index contributed by atoms with van der Waals surface area (Å²) in [4.78, 5) is 24.1. The molecule has 7 heterocycles. The fraction of sp³-hybridized carbons (Fsp3) is 0.211. The number of ether oxygens (including phenoxy) is 1. The van der Waals surface area contributed by atoms with Crippen LogP contribution in [0.25, 0.3) is 90.9 Å². The number of piperazine rings is 1. The smallest absolute Gasteiger partial charge is 0.128 e. The molecule has 0 aliphatic carbocycles. The van der Waals surface area contributed by atoms with Crippen molar-refractivity contribution in [1.29, 1.82) is 0 Å². The molecule has 0 spiro atoms. The maximum atomic E-state index is 6.54. The van der Waals surface area contributed by atoms with Crippen LogP contribution in [0.4, 0.5) is 11.4 Å². The molecule has 0 atom stereocenters. The molecule has 8 bridgehead atoms. The van der Waals surface area contributed by atoms with Crippen molar-refractivity contribution in [2.75, 3.05) is 71.4 Å². The Balaban J connectivity index is 0.780. The number of nitrogens with zero attached hydrogens (tertiary/aromatic N) is 5. The molecule has 0 unspecified atom stereocenters. The third-order valence-corrected chi connectivity index (χ3v) is 18.1. The summed E-state index contributed by atoms with van der Waals surface area (Å²) < 4.78 is 8.78. The number of fused-ring (bicyclic) bond motifs is 10. The van der Waals surface area contributed by atoms with Gasteiger partial charge >= 0.3 is 0 Å². The van der Waals surface area contributed by atoms with Crippen molar-refractivity contribution in [1.82, 2.24) is 19.9 Å². The monoisotopic (exact) mass is 1070 g/mol. The van der Waals surface area contributed by atoms with Gasteiger partial charge in [0, 0.05) is 73.5 Å². The van der Waals surface area contributed by atoms with Gasteiger partial charge in [-0.05, 0) is 128 Å². The molecule has 0 radical (unpaired) electrons. The minimum Gasteiger partial charge on any atom is -0.493 e. The average Bonchev–Trinajstić information content (AvgIpc) is 4.36. The number of benzene rings is 6. The highest BCUT2D eigenvalue weighted by Gasteiger charge is 2.37. The lowest BCUT2D eigenvalue weighted by Gasteiger charge is -2.46. The molecule has 8 nitrogen and oxygen atoms in total. The van der Waals surface area contributed by atoms with Crippen LogP contribution in [-0.2, 0) is 0 Å². The van der Waals surface area contributed by atoms with Crippen LogP contribution in [0.3, 0.4) is 0 Å². The van der Waals surface area contributed by atoms with Gasteiger partial charge in [0.05, 0.1) is 67.9 Å². The predicted molar refractivity (Wildman–Crippen MR) is 335 cm³/mol. The number of hydrogen-bond donors (Lipinski definition) is 2. The number of aromatic nitrogens is 4. The third-order valence-electron chi connectivity index (χ3n) is 17.0. The fourth-order valence-corrected chi connectivity index (χ4v) is 13.3. The van der Waals surface area contributed by atoms with Crippen molar-refractivity contribution in [3.05, 3.63) is 209 Å². The van der Waals surface area contributed by atoms with Gasteiger partial charge in [-0.1, -0.05) is 138 Å². The molecular formula is C71H69N7OS+2. The number of para-hydroxylation sites is 2. The summed E-state index contributed by atoms with van der Waals surface area (Å²) in [5.74, 6) is 0.876. The molecular weight excluding hydrogens is 999 g/mol. The molecule has 2 N–H and O–H groups in total. The lowest BCUT2D eigenvalue weighted by Crippen LogP contribution is -2.64. The first kappa shape index (κ1) is 51.2. The van der Waals surface area contributed by atoms with Crippen molar-refractivity contribution in [3.63, 3.8) is 0 Å². The minimum absolute atomic E-state index is 0.679. The number of anilines is 2. The molecule has 398 valence electrons. The highest BCUT2D eigenvalue weighted by atomic mass is 32.2. The molecule has 4 aliphatic rings. The standard InChI is InChI=1S/C71H69N7OS/c1-48-16-22-51(23-17-48)68-56-32-34-58(72-56)69(52-24-18-49(2)19-25-52)60-36-38-62(74-60)71(63-39-37-61(75-63)70(59-35-33-57(68)73-59)53-26-20-50(3)21-27-53)54-28-30-55(31-29-54)79-47-11-42-78(5)45-43-77(4,44-46-78)41-10-40-76-64-12-6-8-14-66(64)80-67-15-9-7-13-65(67)76/h6-9,12-39,72,75H,10-11,40-47H2,1-5H3/q+2. The van der Waals surface area contributed by atoms with E-state index in [4.69, 9.17) is 14.7 Å². The number of hydrogen-bond acceptors (Lipinski definition) is 5. The number of likely N-dealkylation sites (N-methyl/N-ethyl adjacent to an activating group) is 2. The SMILES string of the molecule is Cc1ccc(-c2c3nc(c(-c4ccc(C)cc4)c4ccc([nH]4)c(-c4ccc(OCCC[N+]5(C)CC[N+](C)(CCCN6c7ccccc7Sc7ccccc76)CC5)cc4)c4nc(c(-c5ccc(C)cc5)c5ccc2[nH]5)C=C4)C=C3)cc1. The molecule has 1 fully saturated rings. The van der Waals surface area contributed by atoms with E-state index in [9.17, 15) is 0 Å². The van der Waals surface area contributed by atoms with Crippen LogP contribution >= 0.6 is 11.8 Å². The molecule has 13 rings (SSSR count). The highest BCUT2D eigenvalue weighted by molar-refractivity contribution is 7.99. The third kappa shape index (κ3) is 10.3. The molecule has 1 saturated heterocycles. The molecule has 80 heavy (non-hydrogen) atoms. The van der Waals surface area contributed by atoms with E-state index in [1.165, 1.54) is 70.6 Å². The summed E-state index contributed by atoms with van der Waals surface area (Å²) in [5.41, 5.74) is 22.3. The lowest BCUT2D eigenvalue weighted by molar-refractivity contribution is -1.02. The predicted octanol–water partition coefficient (Wildman–Crippen LogP) is 16.6. The van der Waals surface area contributed by atoms with Crippen LogP contribution in [0.15, 0.2) is 180 Å². The maximum Gasteiger partial charge on any atom is 0.128 e. The number of H-pyrrole nitrogens is 2. The summed E-state index contributed by atoms with van der Waals surface area (Å²) >= 11 is 1.89. The first-order valence-corrected chi connectivity index (χ1v) is 29.3. The van der Waals surface area contributed by atoms with Gasteiger partial charge in [0.1, 0.15) is 31.9 Å². The van der Waals surface area contributed by atoms with Gasteiger partial charge in [-0.3, -0.25) is 0 Å². The van der Waals surface area contributed by atoms with Gasteiger partial charge in [0.2, 0.25) is 0 Å². The summed E-state index contributed by atoms with van der Waals surface area (Å²) in [6.07, 6.45) is 10.8. The fourth-order valence-electron chi connectivity index (χ4n) is 12.2. The Kier molecular flexibility index (Phi) is 13.7. The summed E-state index contributed by atoms with van der Waals surface area (Å²) in [6.45, 7) is 15.2. The Bertz CT molecular complexity index is 3920. The topological polar surface area (TPSA) is 69.8 Å². The maximum absolute atomic E-state index is 6.54. The molecule has 9 heteroatoms. The first-order valence-electron chi connectivity index (χ1n) is 28.4. The van der Waals surface area contributed by atoms with Gasteiger partial charge in [-0.25, -0.2) is 9.97 Å². The molecule has 4 aliphatic heterocycles. The summed E-state index contributed by atoms with van der Waals surface area (Å²) in [6, 6.07) is 61.5. The van der Waals surface area contributed by atoms with Gasteiger partial charge in [-0.2, -0.15) is 0 Å². The van der Waals surface area contributed by atoms with Crippen molar-refractivity contribution in [2.24, 2.45) is 0 Å².